The van der Waals surface area contributed by atoms with Gasteiger partial charge in [-0.2, -0.15) is 0 Å². The highest BCUT2D eigenvalue weighted by Crippen LogP contribution is 2.30. The Balaban J connectivity index is 2.37. The molecule has 1 N–H and O–H groups in total. The summed E-state index contributed by atoms with van der Waals surface area (Å²) in [6.07, 6.45) is -0.545. The van der Waals surface area contributed by atoms with E-state index in [0.717, 1.165) is 16.0 Å². The lowest BCUT2D eigenvalue weighted by Crippen LogP contribution is -1.99. The Morgan fingerprint density at radius 1 is 1.19 bits per heavy atom. The minimum absolute atomic E-state index is 0.545. The molecule has 16 heavy (non-hydrogen) atoms. The van der Waals surface area contributed by atoms with E-state index in [-0.39, 0.29) is 0 Å². The van der Waals surface area contributed by atoms with Crippen molar-refractivity contribution in [2.75, 3.05) is 0 Å². The zero-order chi connectivity index (χ0) is 11.7. The van der Waals surface area contributed by atoms with E-state index in [1.165, 1.54) is 4.88 Å². The Kier molecular flexibility index (Phi) is 3.33. The first-order valence-corrected chi connectivity index (χ1v) is 6.28. The van der Waals surface area contributed by atoms with Crippen molar-refractivity contribution in [3.63, 3.8) is 0 Å². The van der Waals surface area contributed by atoms with Crippen LogP contribution in [0, 0.1) is 13.8 Å². The largest absolute Gasteiger partial charge is 0.383 e. The molecule has 1 unspecified atom stereocenters. The minimum atomic E-state index is -0.545. The van der Waals surface area contributed by atoms with Crippen molar-refractivity contribution in [3.8, 4) is 0 Å². The number of thiophene rings is 1. The molecule has 1 atom stereocenters. The third-order valence-electron chi connectivity index (χ3n) is 2.56. The summed E-state index contributed by atoms with van der Waals surface area (Å²) >= 11 is 7.51. The molecule has 0 spiro atoms. The number of aliphatic hydroxyl groups excluding tert-OH is 1. The summed E-state index contributed by atoms with van der Waals surface area (Å²) in [6, 6.07) is 9.57. The zero-order valence-electron chi connectivity index (χ0n) is 9.20. The number of aryl methyl sites for hydroxylation is 2. The number of aliphatic hydroxyl groups is 1. The summed E-state index contributed by atoms with van der Waals surface area (Å²) in [4.78, 5) is 2.18. The number of hydrogen-bond acceptors (Lipinski definition) is 2. The topological polar surface area (TPSA) is 20.2 Å². The van der Waals surface area contributed by atoms with E-state index in [2.05, 4.69) is 0 Å². The summed E-state index contributed by atoms with van der Waals surface area (Å²) in [5.41, 5.74) is 1.94. The maximum atomic E-state index is 10.2. The van der Waals surface area contributed by atoms with Gasteiger partial charge in [0.25, 0.3) is 0 Å². The highest BCUT2D eigenvalue weighted by molar-refractivity contribution is 7.12. The molecule has 0 bridgehead atoms. The summed E-state index contributed by atoms with van der Waals surface area (Å²) in [5.74, 6) is 0. The second-order valence-electron chi connectivity index (χ2n) is 3.85. The SMILES string of the molecule is Cc1ccc(C(O)c2ccc(Cl)cc2C)s1. The van der Waals surface area contributed by atoms with Crippen LogP contribution in [0.5, 0.6) is 0 Å². The van der Waals surface area contributed by atoms with Crippen LogP contribution < -0.4 is 0 Å². The van der Waals surface area contributed by atoms with Gasteiger partial charge in [0.05, 0.1) is 0 Å². The number of hydrogen-bond donors (Lipinski definition) is 1. The average Bonchev–Trinajstić information content (AvgIpc) is 2.64. The second-order valence-corrected chi connectivity index (χ2v) is 5.61. The van der Waals surface area contributed by atoms with Crippen LogP contribution in [-0.2, 0) is 0 Å². The van der Waals surface area contributed by atoms with Crippen LogP contribution in [0.4, 0.5) is 0 Å². The zero-order valence-corrected chi connectivity index (χ0v) is 10.8. The van der Waals surface area contributed by atoms with Crippen molar-refractivity contribution in [2.45, 2.75) is 20.0 Å². The fourth-order valence-corrected chi connectivity index (χ4v) is 2.81. The first kappa shape index (κ1) is 11.6. The van der Waals surface area contributed by atoms with Gasteiger partial charge in [-0.25, -0.2) is 0 Å². The van der Waals surface area contributed by atoms with Gasteiger partial charge in [0.15, 0.2) is 0 Å². The molecule has 2 aromatic rings. The molecular weight excluding hydrogens is 240 g/mol. The molecule has 1 heterocycles. The molecule has 2 rings (SSSR count). The molecule has 1 aromatic carbocycles. The molecule has 0 aliphatic rings. The van der Waals surface area contributed by atoms with Crippen LogP contribution in [-0.4, -0.2) is 5.11 Å². The highest BCUT2D eigenvalue weighted by Gasteiger charge is 2.14. The highest BCUT2D eigenvalue weighted by atomic mass is 35.5. The van der Waals surface area contributed by atoms with Crippen molar-refractivity contribution >= 4 is 22.9 Å². The first-order chi connectivity index (χ1) is 7.58. The van der Waals surface area contributed by atoms with Crippen LogP contribution in [0.15, 0.2) is 30.3 Å². The summed E-state index contributed by atoms with van der Waals surface area (Å²) in [5, 5.41) is 10.9. The van der Waals surface area contributed by atoms with Crippen LogP contribution >= 0.6 is 22.9 Å². The summed E-state index contributed by atoms with van der Waals surface area (Å²) in [7, 11) is 0. The molecular formula is C13H13ClOS. The van der Waals surface area contributed by atoms with E-state index < -0.39 is 6.10 Å². The van der Waals surface area contributed by atoms with Crippen LogP contribution in [0.2, 0.25) is 5.02 Å². The predicted molar refractivity (Wildman–Crippen MR) is 69.3 cm³/mol. The lowest BCUT2D eigenvalue weighted by molar-refractivity contribution is 0.223. The monoisotopic (exact) mass is 252 g/mol. The normalized spacial score (nSPS) is 12.8. The van der Waals surface area contributed by atoms with Gasteiger partial charge < -0.3 is 5.11 Å². The van der Waals surface area contributed by atoms with E-state index in [1.807, 2.05) is 44.2 Å². The van der Waals surface area contributed by atoms with E-state index in [0.29, 0.717) is 5.02 Å². The fraction of sp³-hybridized carbons (Fsp3) is 0.231. The van der Waals surface area contributed by atoms with Crippen LogP contribution in [0.3, 0.4) is 0 Å². The molecule has 84 valence electrons. The molecule has 0 amide bonds. The van der Waals surface area contributed by atoms with Gasteiger partial charge in [-0.05, 0) is 49.2 Å². The number of halogens is 1. The number of rotatable bonds is 2. The van der Waals surface area contributed by atoms with Crippen molar-refractivity contribution in [2.24, 2.45) is 0 Å². The van der Waals surface area contributed by atoms with E-state index in [9.17, 15) is 5.11 Å². The molecule has 0 fully saturated rings. The average molecular weight is 253 g/mol. The molecule has 0 saturated heterocycles. The van der Waals surface area contributed by atoms with Gasteiger partial charge in [0.1, 0.15) is 6.10 Å². The Labute approximate surface area is 104 Å². The van der Waals surface area contributed by atoms with Crippen molar-refractivity contribution in [1.82, 2.24) is 0 Å². The second kappa shape index (κ2) is 4.58. The van der Waals surface area contributed by atoms with Gasteiger partial charge in [-0.3, -0.25) is 0 Å². The molecule has 3 heteroatoms. The Hall–Kier alpha value is -0.830. The fourth-order valence-electron chi connectivity index (χ4n) is 1.70. The first-order valence-electron chi connectivity index (χ1n) is 5.08. The molecule has 0 saturated carbocycles. The lowest BCUT2D eigenvalue weighted by Gasteiger charge is -2.12. The molecule has 0 radical (unpaired) electrons. The minimum Gasteiger partial charge on any atom is -0.383 e. The molecule has 1 aromatic heterocycles. The Morgan fingerprint density at radius 2 is 1.94 bits per heavy atom. The quantitative estimate of drug-likeness (QED) is 0.853. The van der Waals surface area contributed by atoms with Gasteiger partial charge in [0.2, 0.25) is 0 Å². The van der Waals surface area contributed by atoms with Gasteiger partial charge >= 0.3 is 0 Å². The lowest BCUT2D eigenvalue weighted by atomic mass is 10.0. The predicted octanol–water partition coefficient (Wildman–Crippen LogP) is 4.10. The Morgan fingerprint density at radius 3 is 2.50 bits per heavy atom. The number of benzene rings is 1. The maximum absolute atomic E-state index is 10.2. The van der Waals surface area contributed by atoms with Crippen LogP contribution in [0.25, 0.3) is 0 Å². The Bertz CT molecular complexity index is 504. The van der Waals surface area contributed by atoms with E-state index in [1.54, 1.807) is 11.3 Å². The molecule has 0 aliphatic heterocycles. The van der Waals surface area contributed by atoms with E-state index >= 15 is 0 Å². The van der Waals surface area contributed by atoms with Crippen molar-refractivity contribution < 1.29 is 5.11 Å². The smallest absolute Gasteiger partial charge is 0.113 e. The summed E-state index contributed by atoms with van der Waals surface area (Å²) in [6.45, 7) is 4.00. The third kappa shape index (κ3) is 2.29. The van der Waals surface area contributed by atoms with Gasteiger partial charge in [0, 0.05) is 14.8 Å². The third-order valence-corrected chi connectivity index (χ3v) is 3.85. The summed E-state index contributed by atoms with van der Waals surface area (Å²) < 4.78 is 0. The van der Waals surface area contributed by atoms with Crippen molar-refractivity contribution in [3.05, 3.63) is 56.2 Å². The van der Waals surface area contributed by atoms with Crippen LogP contribution in [0.1, 0.15) is 27.0 Å². The standard InChI is InChI=1S/C13H13ClOS/c1-8-7-10(14)4-5-11(8)13(15)12-6-3-9(2)16-12/h3-7,13,15H,1-2H3. The maximum Gasteiger partial charge on any atom is 0.113 e. The van der Waals surface area contributed by atoms with E-state index in [4.69, 9.17) is 11.6 Å². The molecule has 0 aliphatic carbocycles. The molecule has 1 nitrogen and oxygen atoms in total. The van der Waals surface area contributed by atoms with Gasteiger partial charge in [-0.1, -0.05) is 17.7 Å². The van der Waals surface area contributed by atoms with Crippen molar-refractivity contribution in [1.29, 1.82) is 0 Å². The van der Waals surface area contributed by atoms with Gasteiger partial charge in [-0.15, -0.1) is 11.3 Å².